The van der Waals surface area contributed by atoms with Gasteiger partial charge in [-0.3, -0.25) is 0 Å². The lowest BCUT2D eigenvalue weighted by atomic mass is 9.96. The number of hydrogen-bond donors (Lipinski definition) is 1. The monoisotopic (exact) mass is 372 g/mol. The van der Waals surface area contributed by atoms with Crippen molar-refractivity contribution in [3.63, 3.8) is 0 Å². The third-order valence-corrected chi connectivity index (χ3v) is 7.71. The molecule has 4 nitrogen and oxygen atoms in total. The molecule has 2 fully saturated rings. The Hall–Kier alpha value is -0.660. The minimum Gasteiger partial charge on any atom is -0.360 e. The zero-order valence-electron chi connectivity index (χ0n) is 13.2. The molecule has 0 spiro atoms. The van der Waals surface area contributed by atoms with Crippen LogP contribution < -0.4 is 5.32 Å². The number of nitrogens with one attached hydrogen (secondary N) is 1. The van der Waals surface area contributed by atoms with Crippen LogP contribution in [0.25, 0.3) is 0 Å². The maximum Gasteiger partial charge on any atom is 0.169 e. The topological polar surface area (TPSA) is 49.4 Å². The molecule has 1 N–H and O–H groups in total. The molecule has 0 unspecified atom stereocenters. The molecule has 1 aromatic rings. The van der Waals surface area contributed by atoms with Crippen LogP contribution in [0.15, 0.2) is 17.5 Å². The summed E-state index contributed by atoms with van der Waals surface area (Å²) in [4.78, 5) is 3.34. The van der Waals surface area contributed by atoms with Gasteiger partial charge in [-0.15, -0.1) is 11.3 Å². The summed E-state index contributed by atoms with van der Waals surface area (Å²) >= 11 is 7.36. The van der Waals surface area contributed by atoms with Crippen LogP contribution in [0.5, 0.6) is 0 Å². The maximum atomic E-state index is 11.9. The summed E-state index contributed by atoms with van der Waals surface area (Å²) in [6.45, 7) is 0.705. The third-order valence-electron chi connectivity index (χ3n) is 4.75. The van der Waals surface area contributed by atoms with E-state index in [0.29, 0.717) is 19.0 Å². The molecule has 7 heteroatoms. The van der Waals surface area contributed by atoms with Gasteiger partial charge in [0, 0.05) is 17.0 Å². The summed E-state index contributed by atoms with van der Waals surface area (Å²) in [5.74, 6) is 0.509. The number of sulfone groups is 1. The Labute approximate surface area is 148 Å². The van der Waals surface area contributed by atoms with Crippen LogP contribution in [-0.4, -0.2) is 42.0 Å². The van der Waals surface area contributed by atoms with Crippen molar-refractivity contribution in [1.29, 1.82) is 0 Å². The second kappa shape index (κ2) is 7.49. The van der Waals surface area contributed by atoms with Crippen molar-refractivity contribution in [3.05, 3.63) is 22.4 Å². The van der Waals surface area contributed by atoms with Crippen LogP contribution in [0.4, 0.5) is 0 Å². The van der Waals surface area contributed by atoms with Gasteiger partial charge in [0.1, 0.15) is 0 Å². The average molecular weight is 373 g/mol. The van der Waals surface area contributed by atoms with Crippen molar-refractivity contribution in [2.24, 2.45) is 0 Å². The van der Waals surface area contributed by atoms with E-state index in [1.165, 1.54) is 24.1 Å². The molecular formula is C16H24N2O2S3. The fourth-order valence-electron chi connectivity index (χ4n) is 3.46. The van der Waals surface area contributed by atoms with Crippen LogP contribution in [0.2, 0.25) is 0 Å². The van der Waals surface area contributed by atoms with Gasteiger partial charge in [-0.2, -0.15) is 0 Å². The van der Waals surface area contributed by atoms with Gasteiger partial charge in [-0.25, -0.2) is 8.42 Å². The highest BCUT2D eigenvalue weighted by atomic mass is 32.2. The summed E-state index contributed by atoms with van der Waals surface area (Å²) in [6, 6.07) is 4.57. The number of thiocarbonyl (C=S) groups is 1. The quantitative estimate of drug-likeness (QED) is 0.824. The zero-order chi connectivity index (χ0) is 16.3. The van der Waals surface area contributed by atoms with Crippen LogP contribution in [0.1, 0.15) is 43.4 Å². The highest BCUT2D eigenvalue weighted by Gasteiger charge is 2.34. The Kier molecular flexibility index (Phi) is 5.59. The van der Waals surface area contributed by atoms with E-state index in [0.717, 1.165) is 18.0 Å². The fourth-order valence-corrected chi connectivity index (χ4v) is 6.28. The first-order valence-electron chi connectivity index (χ1n) is 8.33. The van der Waals surface area contributed by atoms with Gasteiger partial charge < -0.3 is 10.2 Å². The van der Waals surface area contributed by atoms with Crippen molar-refractivity contribution in [3.8, 4) is 0 Å². The van der Waals surface area contributed by atoms with E-state index in [1.807, 2.05) is 6.07 Å². The lowest BCUT2D eigenvalue weighted by Crippen LogP contribution is -2.49. The molecule has 1 aromatic heterocycles. The standard InChI is InChI=1S/C16H24N2O2S3/c19-23(20)10-8-14(12-23)18(11-15-7-4-9-22-15)16(21)17-13-5-2-1-3-6-13/h4,7,9,13-14H,1-3,5-6,8,10-12H2,(H,17,21)/t14-/m1/s1. The van der Waals surface area contributed by atoms with Crippen LogP contribution in [-0.2, 0) is 16.4 Å². The lowest BCUT2D eigenvalue weighted by molar-refractivity contribution is 0.312. The van der Waals surface area contributed by atoms with Gasteiger partial charge in [0.05, 0.1) is 18.1 Å². The molecular weight excluding hydrogens is 348 g/mol. The molecule has 1 atom stereocenters. The van der Waals surface area contributed by atoms with Gasteiger partial charge in [0.15, 0.2) is 14.9 Å². The summed E-state index contributed by atoms with van der Waals surface area (Å²) in [6.07, 6.45) is 6.82. The van der Waals surface area contributed by atoms with Crippen LogP contribution >= 0.6 is 23.6 Å². The van der Waals surface area contributed by atoms with Gasteiger partial charge in [0.25, 0.3) is 0 Å². The van der Waals surface area contributed by atoms with Crippen LogP contribution in [0.3, 0.4) is 0 Å². The Morgan fingerprint density at radius 2 is 2.09 bits per heavy atom. The van der Waals surface area contributed by atoms with Crippen molar-refractivity contribution in [1.82, 2.24) is 10.2 Å². The molecule has 1 saturated heterocycles. The fraction of sp³-hybridized carbons (Fsp3) is 0.688. The third kappa shape index (κ3) is 4.67. The molecule has 1 saturated carbocycles. The zero-order valence-corrected chi connectivity index (χ0v) is 15.7. The molecule has 2 heterocycles. The van der Waals surface area contributed by atoms with E-state index in [-0.39, 0.29) is 17.5 Å². The molecule has 3 rings (SSSR count). The molecule has 0 amide bonds. The summed E-state index contributed by atoms with van der Waals surface area (Å²) in [7, 11) is -2.91. The highest BCUT2D eigenvalue weighted by Crippen LogP contribution is 2.23. The molecule has 0 bridgehead atoms. The van der Waals surface area contributed by atoms with E-state index in [9.17, 15) is 8.42 Å². The van der Waals surface area contributed by atoms with Crippen LogP contribution in [0, 0.1) is 0 Å². The van der Waals surface area contributed by atoms with E-state index in [4.69, 9.17) is 12.2 Å². The summed E-state index contributed by atoms with van der Waals surface area (Å²) in [5.41, 5.74) is 0. The molecule has 2 aliphatic rings. The summed E-state index contributed by atoms with van der Waals surface area (Å²) in [5, 5.41) is 6.28. The van der Waals surface area contributed by atoms with Gasteiger partial charge in [-0.1, -0.05) is 25.3 Å². The largest absolute Gasteiger partial charge is 0.360 e. The molecule has 1 aliphatic heterocycles. The first-order chi connectivity index (χ1) is 11.0. The summed E-state index contributed by atoms with van der Waals surface area (Å²) < 4.78 is 23.7. The number of nitrogens with zero attached hydrogens (tertiary/aromatic N) is 1. The SMILES string of the molecule is O=S1(=O)CC[C@@H](N(Cc2cccs2)C(=S)NC2CCCCC2)C1. The van der Waals surface area contributed by atoms with Crippen molar-refractivity contribution in [2.75, 3.05) is 11.5 Å². The van der Waals surface area contributed by atoms with E-state index < -0.39 is 9.84 Å². The molecule has 128 valence electrons. The smallest absolute Gasteiger partial charge is 0.169 e. The van der Waals surface area contributed by atoms with E-state index >= 15 is 0 Å². The maximum absolute atomic E-state index is 11.9. The lowest BCUT2D eigenvalue weighted by Gasteiger charge is -2.34. The minimum absolute atomic E-state index is 0.00527. The second-order valence-electron chi connectivity index (χ2n) is 6.55. The molecule has 23 heavy (non-hydrogen) atoms. The predicted octanol–water partition coefficient (Wildman–Crippen LogP) is 2.94. The van der Waals surface area contributed by atoms with Gasteiger partial charge in [0.2, 0.25) is 0 Å². The van der Waals surface area contributed by atoms with Crippen molar-refractivity contribution >= 4 is 38.5 Å². The van der Waals surface area contributed by atoms with Gasteiger partial charge in [-0.05, 0) is 42.9 Å². The Bertz CT molecular complexity index is 622. The van der Waals surface area contributed by atoms with Gasteiger partial charge >= 0.3 is 0 Å². The number of hydrogen-bond acceptors (Lipinski definition) is 4. The van der Waals surface area contributed by atoms with Crippen molar-refractivity contribution in [2.45, 2.75) is 57.2 Å². The first-order valence-corrected chi connectivity index (χ1v) is 11.4. The Morgan fingerprint density at radius 3 is 2.70 bits per heavy atom. The number of rotatable bonds is 4. The second-order valence-corrected chi connectivity index (χ2v) is 10.2. The average Bonchev–Trinajstić information content (AvgIpc) is 3.15. The Morgan fingerprint density at radius 1 is 1.30 bits per heavy atom. The van der Waals surface area contributed by atoms with E-state index in [2.05, 4.69) is 21.7 Å². The molecule has 0 aromatic carbocycles. The molecule has 0 radical (unpaired) electrons. The number of thiophene rings is 1. The minimum atomic E-state index is -2.91. The van der Waals surface area contributed by atoms with Crippen molar-refractivity contribution < 1.29 is 8.42 Å². The first kappa shape index (κ1) is 17.2. The predicted molar refractivity (Wildman–Crippen MR) is 99.5 cm³/mol. The Balaban J connectivity index is 1.70. The molecule has 1 aliphatic carbocycles. The highest BCUT2D eigenvalue weighted by molar-refractivity contribution is 7.91. The van der Waals surface area contributed by atoms with E-state index in [1.54, 1.807) is 11.3 Å². The normalized spacial score (nSPS) is 24.4.